The molecule has 0 bridgehead atoms. The number of nitrogens with one attached hydrogen (secondary N) is 1. The topological polar surface area (TPSA) is 49.4 Å². The number of hydrogen-bond donors (Lipinski definition) is 1. The molecule has 31 heavy (non-hydrogen) atoms. The summed E-state index contributed by atoms with van der Waals surface area (Å²) in [4.78, 5) is 28.1. The zero-order valence-corrected chi connectivity index (χ0v) is 18.5. The van der Waals surface area contributed by atoms with Crippen molar-refractivity contribution in [2.75, 3.05) is 5.32 Å². The van der Waals surface area contributed by atoms with Gasteiger partial charge in [0.05, 0.1) is 12.1 Å². The molecule has 1 aliphatic rings. The highest BCUT2D eigenvalue weighted by Gasteiger charge is 2.39. The van der Waals surface area contributed by atoms with Gasteiger partial charge in [0.15, 0.2) is 0 Å². The van der Waals surface area contributed by atoms with Crippen molar-refractivity contribution >= 4 is 34.7 Å². The molecule has 2 amide bonds. The first-order valence-electron chi connectivity index (χ1n) is 10.1. The summed E-state index contributed by atoms with van der Waals surface area (Å²) in [6.45, 7) is 6.11. The molecule has 0 aliphatic carbocycles. The molecular formula is C26H23ClN2O2. The lowest BCUT2D eigenvalue weighted by Crippen LogP contribution is -2.32. The summed E-state index contributed by atoms with van der Waals surface area (Å²) in [6, 6.07) is 20.7. The number of carbonyl (C=O) groups excluding carboxylic acids is 2. The van der Waals surface area contributed by atoms with Gasteiger partial charge in [-0.15, -0.1) is 0 Å². The van der Waals surface area contributed by atoms with E-state index in [0.717, 1.165) is 27.9 Å². The maximum absolute atomic E-state index is 13.4. The summed E-state index contributed by atoms with van der Waals surface area (Å²) in [5, 5.41) is 3.78. The van der Waals surface area contributed by atoms with Gasteiger partial charge in [-0.25, -0.2) is 0 Å². The lowest BCUT2D eigenvalue weighted by Gasteiger charge is -2.17. The maximum atomic E-state index is 13.4. The molecule has 0 fully saturated rings. The third kappa shape index (κ3) is 3.99. The second kappa shape index (κ2) is 8.40. The number of aryl methyl sites for hydroxylation is 2. The van der Waals surface area contributed by atoms with Crippen molar-refractivity contribution in [1.82, 2.24) is 4.90 Å². The molecule has 3 aromatic carbocycles. The van der Waals surface area contributed by atoms with Crippen molar-refractivity contribution in [2.24, 2.45) is 0 Å². The Bertz CT molecular complexity index is 1210. The van der Waals surface area contributed by atoms with Gasteiger partial charge in [0.25, 0.3) is 11.8 Å². The molecule has 0 saturated heterocycles. The van der Waals surface area contributed by atoms with Crippen molar-refractivity contribution in [3.8, 4) is 0 Å². The van der Waals surface area contributed by atoms with Gasteiger partial charge < -0.3 is 5.32 Å². The molecule has 5 heteroatoms. The molecule has 0 radical (unpaired) electrons. The monoisotopic (exact) mass is 430 g/mol. The van der Waals surface area contributed by atoms with Gasteiger partial charge >= 0.3 is 0 Å². The average Bonchev–Trinajstić information content (AvgIpc) is 2.98. The lowest BCUT2D eigenvalue weighted by molar-refractivity contribution is -0.137. The minimum Gasteiger partial charge on any atom is -0.350 e. The summed E-state index contributed by atoms with van der Waals surface area (Å²) < 4.78 is 0. The lowest BCUT2D eigenvalue weighted by atomic mass is 10.0. The fourth-order valence-electron chi connectivity index (χ4n) is 3.64. The Morgan fingerprint density at radius 2 is 1.55 bits per heavy atom. The van der Waals surface area contributed by atoms with E-state index < -0.39 is 0 Å². The number of anilines is 1. The van der Waals surface area contributed by atoms with Crippen LogP contribution in [0.1, 0.15) is 27.8 Å². The Morgan fingerprint density at radius 1 is 0.839 bits per heavy atom. The Balaban J connectivity index is 1.78. The molecule has 4 rings (SSSR count). The normalized spacial score (nSPS) is 13.9. The number of benzene rings is 3. The van der Waals surface area contributed by atoms with E-state index in [-0.39, 0.29) is 24.1 Å². The largest absolute Gasteiger partial charge is 0.350 e. The molecule has 4 nitrogen and oxygen atoms in total. The van der Waals surface area contributed by atoms with Crippen molar-refractivity contribution < 1.29 is 9.59 Å². The number of amides is 2. The van der Waals surface area contributed by atoms with Gasteiger partial charge in [-0.3, -0.25) is 14.5 Å². The number of nitrogens with zero attached hydrogens (tertiary/aromatic N) is 1. The maximum Gasteiger partial charge on any atom is 0.278 e. The van der Waals surface area contributed by atoms with Crippen LogP contribution in [0.2, 0.25) is 5.02 Å². The molecule has 0 atom stereocenters. The summed E-state index contributed by atoms with van der Waals surface area (Å²) in [5.74, 6) is -0.692. The number of imide groups is 1. The highest BCUT2D eigenvalue weighted by molar-refractivity contribution is 6.36. The van der Waals surface area contributed by atoms with E-state index in [1.807, 2.05) is 81.4 Å². The van der Waals surface area contributed by atoms with E-state index in [4.69, 9.17) is 11.6 Å². The molecule has 0 unspecified atom stereocenters. The van der Waals surface area contributed by atoms with E-state index in [9.17, 15) is 9.59 Å². The van der Waals surface area contributed by atoms with Crippen molar-refractivity contribution in [1.29, 1.82) is 0 Å². The molecule has 0 spiro atoms. The number of carbonyl (C=O) groups is 2. The van der Waals surface area contributed by atoms with Crippen LogP contribution in [0.4, 0.5) is 5.69 Å². The van der Waals surface area contributed by atoms with Crippen LogP contribution in [0, 0.1) is 20.8 Å². The number of halogens is 1. The van der Waals surface area contributed by atoms with E-state index in [1.54, 1.807) is 6.07 Å². The first-order chi connectivity index (χ1) is 14.9. The van der Waals surface area contributed by atoms with Crippen LogP contribution >= 0.6 is 11.6 Å². The Hall–Kier alpha value is -3.37. The zero-order chi connectivity index (χ0) is 22.1. The Kier molecular flexibility index (Phi) is 5.66. The van der Waals surface area contributed by atoms with E-state index in [2.05, 4.69) is 5.32 Å². The summed E-state index contributed by atoms with van der Waals surface area (Å²) in [5.41, 5.74) is 6.11. The molecule has 1 aliphatic heterocycles. The molecule has 0 aromatic heterocycles. The highest BCUT2D eigenvalue weighted by atomic mass is 35.5. The SMILES string of the molecule is Cc1ccc(C2=C(Nc3cccc(C)c3C)C(=O)N(Cc3ccccc3Cl)C2=O)cc1. The summed E-state index contributed by atoms with van der Waals surface area (Å²) in [7, 11) is 0. The minimum atomic E-state index is -0.360. The fraction of sp³-hybridized carbons (Fsp3) is 0.154. The van der Waals surface area contributed by atoms with Crippen LogP contribution in [0.5, 0.6) is 0 Å². The smallest absolute Gasteiger partial charge is 0.278 e. The first-order valence-corrected chi connectivity index (χ1v) is 10.5. The van der Waals surface area contributed by atoms with E-state index >= 15 is 0 Å². The van der Waals surface area contributed by atoms with Crippen LogP contribution in [-0.4, -0.2) is 16.7 Å². The van der Waals surface area contributed by atoms with Gasteiger partial charge in [-0.2, -0.15) is 0 Å². The molecule has 3 aromatic rings. The van der Waals surface area contributed by atoms with Crippen LogP contribution < -0.4 is 5.32 Å². The molecule has 0 saturated carbocycles. The first kappa shape index (κ1) is 20.9. The van der Waals surface area contributed by atoms with Gasteiger partial charge in [0, 0.05) is 10.7 Å². The van der Waals surface area contributed by atoms with Crippen LogP contribution in [0.3, 0.4) is 0 Å². The number of rotatable bonds is 5. The zero-order valence-electron chi connectivity index (χ0n) is 17.7. The molecule has 1 N–H and O–H groups in total. The predicted molar refractivity (Wildman–Crippen MR) is 125 cm³/mol. The van der Waals surface area contributed by atoms with Crippen molar-refractivity contribution in [3.63, 3.8) is 0 Å². The average molecular weight is 431 g/mol. The van der Waals surface area contributed by atoms with Crippen LogP contribution in [-0.2, 0) is 16.1 Å². The Labute approximate surface area is 187 Å². The van der Waals surface area contributed by atoms with E-state index in [0.29, 0.717) is 16.2 Å². The van der Waals surface area contributed by atoms with Crippen molar-refractivity contribution in [3.05, 3.63) is 105 Å². The molecule has 1 heterocycles. The molecular weight excluding hydrogens is 408 g/mol. The fourth-order valence-corrected chi connectivity index (χ4v) is 3.84. The Morgan fingerprint density at radius 3 is 2.26 bits per heavy atom. The summed E-state index contributed by atoms with van der Waals surface area (Å²) in [6.07, 6.45) is 0. The predicted octanol–water partition coefficient (Wildman–Crippen LogP) is 5.66. The minimum absolute atomic E-state index is 0.116. The van der Waals surface area contributed by atoms with E-state index in [1.165, 1.54) is 4.90 Å². The van der Waals surface area contributed by atoms with Crippen LogP contribution in [0.15, 0.2) is 72.4 Å². The molecule has 156 valence electrons. The van der Waals surface area contributed by atoms with Crippen LogP contribution in [0.25, 0.3) is 5.57 Å². The third-order valence-electron chi connectivity index (χ3n) is 5.66. The second-order valence-corrected chi connectivity index (χ2v) is 8.18. The number of hydrogen-bond acceptors (Lipinski definition) is 3. The van der Waals surface area contributed by atoms with Gasteiger partial charge in [0.1, 0.15) is 5.70 Å². The van der Waals surface area contributed by atoms with Gasteiger partial charge in [-0.05, 0) is 55.2 Å². The highest BCUT2D eigenvalue weighted by Crippen LogP contribution is 2.33. The third-order valence-corrected chi connectivity index (χ3v) is 6.03. The standard InChI is InChI=1S/C26H23ClN2O2/c1-16-11-13-19(14-12-16)23-24(28-22-10-6-7-17(2)18(22)3)26(31)29(25(23)30)15-20-8-4-5-9-21(20)27/h4-14,28H,15H2,1-3H3. The summed E-state index contributed by atoms with van der Waals surface area (Å²) >= 11 is 6.29. The second-order valence-electron chi connectivity index (χ2n) is 7.78. The quantitative estimate of drug-likeness (QED) is 0.531. The van der Waals surface area contributed by atoms with Gasteiger partial charge in [0.2, 0.25) is 0 Å². The van der Waals surface area contributed by atoms with Gasteiger partial charge in [-0.1, -0.05) is 71.8 Å². The van der Waals surface area contributed by atoms with Crippen molar-refractivity contribution in [2.45, 2.75) is 27.3 Å².